The molecule has 5 nitrogen and oxygen atoms in total. The summed E-state index contributed by atoms with van der Waals surface area (Å²) in [6.45, 7) is 7.90. The average molecular weight is 301 g/mol. The molecule has 1 atom stereocenters. The topological polar surface area (TPSA) is 75.6 Å². The summed E-state index contributed by atoms with van der Waals surface area (Å²) in [6, 6.07) is 2.99. The highest BCUT2D eigenvalue weighted by atomic mass is 32.2. The second-order valence-electron chi connectivity index (χ2n) is 4.88. The van der Waals surface area contributed by atoms with Crippen LogP contribution < -0.4 is 4.72 Å². The Morgan fingerprint density at radius 1 is 1.35 bits per heavy atom. The predicted molar refractivity (Wildman–Crippen MR) is 78.1 cm³/mol. The Kier molecular flexibility index (Phi) is 6.13. The lowest BCUT2D eigenvalue weighted by Gasteiger charge is -2.17. The Bertz CT molecular complexity index is 555. The maximum atomic E-state index is 12.4. The fourth-order valence-corrected chi connectivity index (χ4v) is 3.52. The summed E-state index contributed by atoms with van der Waals surface area (Å²) in [5.74, 6) is 0. The maximum Gasteiger partial charge on any atom is 0.241 e. The standard InChI is InChI=1S/C14H23NO4S/c1-5-19-9-11(3)15-20(17,18)14-7-13(8-16)6-10(2)12(14)4/h6-7,11,15-16H,5,8-9H2,1-4H3. The SMILES string of the molecule is CCOCC(C)NS(=O)(=O)c1cc(CO)cc(C)c1C. The minimum atomic E-state index is -3.62. The molecule has 0 amide bonds. The minimum absolute atomic E-state index is 0.182. The minimum Gasteiger partial charge on any atom is -0.392 e. The molecular formula is C14H23NO4S. The molecule has 6 heteroatoms. The van der Waals surface area contributed by atoms with Crippen LogP contribution in [0.4, 0.5) is 0 Å². The molecule has 0 bridgehead atoms. The lowest BCUT2D eigenvalue weighted by atomic mass is 10.1. The van der Waals surface area contributed by atoms with E-state index in [1.54, 1.807) is 19.9 Å². The summed E-state index contributed by atoms with van der Waals surface area (Å²) in [5, 5.41) is 9.21. The van der Waals surface area contributed by atoms with Crippen LogP contribution in [-0.4, -0.2) is 32.8 Å². The summed E-state index contributed by atoms with van der Waals surface area (Å²) >= 11 is 0. The van der Waals surface area contributed by atoms with E-state index in [0.29, 0.717) is 24.3 Å². The van der Waals surface area contributed by atoms with Crippen LogP contribution in [0.25, 0.3) is 0 Å². The van der Waals surface area contributed by atoms with E-state index in [1.807, 2.05) is 13.8 Å². The van der Waals surface area contributed by atoms with Crippen molar-refractivity contribution in [1.29, 1.82) is 0 Å². The Hall–Kier alpha value is -0.950. The highest BCUT2D eigenvalue weighted by molar-refractivity contribution is 7.89. The highest BCUT2D eigenvalue weighted by Gasteiger charge is 2.21. The van der Waals surface area contributed by atoms with Crippen LogP contribution in [0.2, 0.25) is 0 Å². The first-order valence-electron chi connectivity index (χ1n) is 6.62. The Labute approximate surface area is 121 Å². The number of nitrogens with one attached hydrogen (secondary N) is 1. The lowest BCUT2D eigenvalue weighted by molar-refractivity contribution is 0.133. The predicted octanol–water partition coefficient (Wildman–Crippen LogP) is 1.50. The number of hydrogen-bond donors (Lipinski definition) is 2. The summed E-state index contributed by atoms with van der Waals surface area (Å²) in [4.78, 5) is 0.213. The second kappa shape index (κ2) is 7.17. The van der Waals surface area contributed by atoms with E-state index in [1.165, 1.54) is 6.07 Å². The molecule has 0 fully saturated rings. The van der Waals surface area contributed by atoms with Gasteiger partial charge in [0.2, 0.25) is 10.0 Å². The van der Waals surface area contributed by atoms with E-state index >= 15 is 0 Å². The van der Waals surface area contributed by atoms with Gasteiger partial charge in [0, 0.05) is 12.6 Å². The number of hydrogen-bond acceptors (Lipinski definition) is 4. The van der Waals surface area contributed by atoms with Crippen LogP contribution in [-0.2, 0) is 21.4 Å². The third-order valence-corrected chi connectivity index (χ3v) is 4.80. The zero-order valence-electron chi connectivity index (χ0n) is 12.4. The molecule has 0 radical (unpaired) electrons. The molecule has 0 saturated carbocycles. The van der Waals surface area contributed by atoms with Crippen molar-refractivity contribution in [2.24, 2.45) is 0 Å². The largest absolute Gasteiger partial charge is 0.392 e. The number of ether oxygens (including phenoxy) is 1. The van der Waals surface area contributed by atoms with Crippen LogP contribution >= 0.6 is 0 Å². The van der Waals surface area contributed by atoms with Gasteiger partial charge in [-0.05, 0) is 50.5 Å². The van der Waals surface area contributed by atoms with Crippen molar-refractivity contribution in [1.82, 2.24) is 4.72 Å². The molecule has 0 aliphatic rings. The van der Waals surface area contributed by atoms with Gasteiger partial charge in [0.05, 0.1) is 18.1 Å². The zero-order chi connectivity index (χ0) is 15.3. The normalized spacial score (nSPS) is 13.4. The fraction of sp³-hybridized carbons (Fsp3) is 0.571. The molecule has 0 saturated heterocycles. The third-order valence-electron chi connectivity index (χ3n) is 3.08. The van der Waals surface area contributed by atoms with Gasteiger partial charge >= 0.3 is 0 Å². The van der Waals surface area contributed by atoms with Crippen molar-refractivity contribution in [3.05, 3.63) is 28.8 Å². The lowest BCUT2D eigenvalue weighted by Crippen LogP contribution is -2.36. The van der Waals surface area contributed by atoms with E-state index in [0.717, 1.165) is 5.56 Å². The van der Waals surface area contributed by atoms with E-state index < -0.39 is 10.0 Å². The van der Waals surface area contributed by atoms with Gasteiger partial charge in [-0.15, -0.1) is 0 Å². The summed E-state index contributed by atoms with van der Waals surface area (Å²) in [7, 11) is -3.62. The fourth-order valence-electron chi connectivity index (χ4n) is 1.93. The first-order valence-corrected chi connectivity index (χ1v) is 8.11. The van der Waals surface area contributed by atoms with Crippen LogP contribution in [0, 0.1) is 13.8 Å². The second-order valence-corrected chi connectivity index (χ2v) is 6.56. The van der Waals surface area contributed by atoms with E-state index in [-0.39, 0.29) is 17.5 Å². The molecule has 0 aromatic heterocycles. The van der Waals surface area contributed by atoms with Gasteiger partial charge in [-0.1, -0.05) is 6.07 Å². The van der Waals surface area contributed by atoms with Gasteiger partial charge in [0.1, 0.15) is 0 Å². The molecule has 114 valence electrons. The first-order chi connectivity index (χ1) is 9.31. The number of benzene rings is 1. The van der Waals surface area contributed by atoms with Gasteiger partial charge in [0.15, 0.2) is 0 Å². The molecule has 1 aromatic rings. The van der Waals surface area contributed by atoms with Crippen molar-refractivity contribution >= 4 is 10.0 Å². The van der Waals surface area contributed by atoms with Gasteiger partial charge < -0.3 is 9.84 Å². The number of aliphatic hydroxyl groups excluding tert-OH is 1. The molecule has 0 aliphatic heterocycles. The monoisotopic (exact) mass is 301 g/mol. The molecule has 1 aromatic carbocycles. The van der Waals surface area contributed by atoms with Gasteiger partial charge in [-0.3, -0.25) is 0 Å². The Balaban J connectivity index is 3.06. The van der Waals surface area contributed by atoms with Crippen LogP contribution in [0.15, 0.2) is 17.0 Å². The quantitative estimate of drug-likeness (QED) is 0.800. The molecule has 0 heterocycles. The van der Waals surface area contributed by atoms with Crippen molar-refractivity contribution < 1.29 is 18.3 Å². The number of sulfonamides is 1. The van der Waals surface area contributed by atoms with Crippen LogP contribution in [0.3, 0.4) is 0 Å². The van der Waals surface area contributed by atoms with E-state index in [9.17, 15) is 13.5 Å². The third kappa shape index (κ3) is 4.28. The molecule has 0 spiro atoms. The molecule has 0 aliphatic carbocycles. The molecule has 2 N–H and O–H groups in total. The van der Waals surface area contributed by atoms with Crippen molar-refractivity contribution in [2.45, 2.75) is 45.2 Å². The van der Waals surface area contributed by atoms with Gasteiger partial charge in [0.25, 0.3) is 0 Å². The molecule has 1 rings (SSSR count). The van der Waals surface area contributed by atoms with Crippen molar-refractivity contribution in [2.75, 3.05) is 13.2 Å². The smallest absolute Gasteiger partial charge is 0.241 e. The highest BCUT2D eigenvalue weighted by Crippen LogP contribution is 2.21. The molecule has 1 unspecified atom stereocenters. The van der Waals surface area contributed by atoms with Crippen molar-refractivity contribution in [3.8, 4) is 0 Å². The van der Waals surface area contributed by atoms with E-state index in [2.05, 4.69) is 4.72 Å². The summed E-state index contributed by atoms with van der Waals surface area (Å²) < 4.78 is 32.6. The van der Waals surface area contributed by atoms with Crippen LogP contribution in [0.1, 0.15) is 30.5 Å². The summed E-state index contributed by atoms with van der Waals surface area (Å²) in [5.41, 5.74) is 2.12. The summed E-state index contributed by atoms with van der Waals surface area (Å²) in [6.07, 6.45) is 0. The van der Waals surface area contributed by atoms with E-state index in [4.69, 9.17) is 4.74 Å². The molecule has 20 heavy (non-hydrogen) atoms. The number of aryl methyl sites for hydroxylation is 1. The Morgan fingerprint density at radius 2 is 2.00 bits per heavy atom. The zero-order valence-corrected chi connectivity index (χ0v) is 13.3. The first kappa shape index (κ1) is 17.1. The maximum absolute atomic E-state index is 12.4. The van der Waals surface area contributed by atoms with Gasteiger partial charge in [-0.25, -0.2) is 13.1 Å². The number of rotatable bonds is 7. The van der Waals surface area contributed by atoms with Crippen LogP contribution in [0.5, 0.6) is 0 Å². The van der Waals surface area contributed by atoms with Gasteiger partial charge in [-0.2, -0.15) is 0 Å². The molecular weight excluding hydrogens is 278 g/mol. The van der Waals surface area contributed by atoms with Crippen molar-refractivity contribution in [3.63, 3.8) is 0 Å². The number of aliphatic hydroxyl groups is 1. The Morgan fingerprint density at radius 3 is 2.55 bits per heavy atom. The average Bonchev–Trinajstić information content (AvgIpc) is 2.38.